The minimum Gasteiger partial charge on any atom is -0.379 e. The number of rotatable bonds is 62. The van der Waals surface area contributed by atoms with E-state index in [0.717, 1.165) is 26.1 Å². The van der Waals surface area contributed by atoms with Crippen LogP contribution in [0.15, 0.2) is 0 Å². The second-order valence-corrected chi connectivity index (χ2v) is 16.7. The Kier molecular flexibility index (Phi) is 63.0. The van der Waals surface area contributed by atoms with E-state index in [1.54, 1.807) is 0 Å². The van der Waals surface area contributed by atoms with Crippen LogP contribution in [0.3, 0.4) is 0 Å². The fraction of sp³-hybridized carbons (Fsp3) is 1.00. The first-order chi connectivity index (χ1) is 32.4. The van der Waals surface area contributed by atoms with Crippen LogP contribution in [0.2, 0.25) is 0 Å². The summed E-state index contributed by atoms with van der Waals surface area (Å²) in [6.45, 7) is 19.4. The van der Waals surface area contributed by atoms with Crippen molar-refractivity contribution >= 4 is 0 Å². The smallest absolute Gasteiger partial charge is 0.0701 e. The standard InChI is InChI=1S/C52H106O13/c1-3-5-7-9-11-13-15-16-17-18-20-22-24-26-28-54-30-32-56-34-36-58-38-40-60-42-44-62-46-48-64-50-52-65-51-49-63-47-45-61-43-41-59-39-37-57-35-33-55-31-29-53-27-25-23-21-19-14-12-10-8-6-4-2/h3-52H2,1-2H3. The largest absolute Gasteiger partial charge is 0.379 e. The lowest BCUT2D eigenvalue weighted by atomic mass is 10.0. The molecule has 0 bridgehead atoms. The van der Waals surface area contributed by atoms with Gasteiger partial charge in [0, 0.05) is 13.2 Å². The summed E-state index contributed by atoms with van der Waals surface area (Å²) in [5, 5.41) is 0. The molecule has 0 aromatic carbocycles. The zero-order chi connectivity index (χ0) is 46.5. The van der Waals surface area contributed by atoms with E-state index in [9.17, 15) is 0 Å². The number of hydrogen-bond acceptors (Lipinski definition) is 13. The normalized spacial score (nSPS) is 11.7. The molecule has 0 saturated carbocycles. The Hall–Kier alpha value is -0.520. The fourth-order valence-electron chi connectivity index (χ4n) is 6.83. The summed E-state index contributed by atoms with van der Waals surface area (Å²) >= 11 is 0. The first kappa shape index (κ1) is 64.5. The van der Waals surface area contributed by atoms with Gasteiger partial charge in [0.1, 0.15) is 0 Å². The molecule has 0 aliphatic rings. The van der Waals surface area contributed by atoms with Crippen molar-refractivity contribution in [2.45, 2.75) is 168 Å². The lowest BCUT2D eigenvalue weighted by molar-refractivity contribution is -0.0290. The Labute approximate surface area is 400 Å². The van der Waals surface area contributed by atoms with E-state index in [1.165, 1.54) is 141 Å². The van der Waals surface area contributed by atoms with E-state index in [4.69, 9.17) is 61.6 Å². The SMILES string of the molecule is CCCCCCCCCCCCCCCCOCCOCCOCCOCCOCCOCCOCCOCCOCCOCCOCCOCCOCCCCCCCCCCCC. The Morgan fingerprint density at radius 2 is 0.231 bits per heavy atom. The van der Waals surface area contributed by atoms with Gasteiger partial charge in [0.25, 0.3) is 0 Å². The average molecular weight is 939 g/mol. The highest BCUT2D eigenvalue weighted by Crippen LogP contribution is 2.13. The lowest BCUT2D eigenvalue weighted by Gasteiger charge is -2.09. The molecule has 0 spiro atoms. The third-order valence-corrected chi connectivity index (χ3v) is 10.7. The Balaban J connectivity index is 3.06. The van der Waals surface area contributed by atoms with Crippen LogP contribution in [-0.2, 0) is 61.6 Å². The monoisotopic (exact) mass is 939 g/mol. The predicted molar refractivity (Wildman–Crippen MR) is 263 cm³/mol. The molecule has 13 heteroatoms. The highest BCUT2D eigenvalue weighted by Gasteiger charge is 1.99. The van der Waals surface area contributed by atoms with E-state index in [1.807, 2.05) is 0 Å². The maximum Gasteiger partial charge on any atom is 0.0701 e. The minimum atomic E-state index is 0.518. The first-order valence-electron chi connectivity index (χ1n) is 26.9. The topological polar surface area (TPSA) is 120 Å². The number of hydrogen-bond donors (Lipinski definition) is 0. The highest BCUT2D eigenvalue weighted by atomic mass is 16.6. The maximum absolute atomic E-state index is 5.70. The van der Waals surface area contributed by atoms with Gasteiger partial charge in [-0.25, -0.2) is 0 Å². The number of ether oxygens (including phenoxy) is 13. The van der Waals surface area contributed by atoms with Gasteiger partial charge in [-0.15, -0.1) is 0 Å². The van der Waals surface area contributed by atoms with E-state index in [2.05, 4.69) is 13.8 Å². The second-order valence-electron chi connectivity index (χ2n) is 16.7. The van der Waals surface area contributed by atoms with Crippen LogP contribution < -0.4 is 0 Å². The molecule has 0 aliphatic heterocycles. The van der Waals surface area contributed by atoms with E-state index in [0.29, 0.717) is 159 Å². The molecule has 0 unspecified atom stereocenters. The summed E-state index contributed by atoms with van der Waals surface area (Å²) in [6.07, 6.45) is 32.7. The van der Waals surface area contributed by atoms with Crippen molar-refractivity contribution < 1.29 is 61.6 Å². The second kappa shape index (κ2) is 63.5. The molecule has 0 atom stereocenters. The molecule has 0 aliphatic carbocycles. The van der Waals surface area contributed by atoms with E-state index >= 15 is 0 Å². The summed E-state index contributed by atoms with van der Waals surface area (Å²) in [7, 11) is 0. The van der Waals surface area contributed by atoms with Gasteiger partial charge >= 0.3 is 0 Å². The van der Waals surface area contributed by atoms with Crippen molar-refractivity contribution in [3.8, 4) is 0 Å². The quantitative estimate of drug-likeness (QED) is 0.0539. The van der Waals surface area contributed by atoms with Crippen molar-refractivity contribution in [3.63, 3.8) is 0 Å². The average Bonchev–Trinajstić information content (AvgIpc) is 3.32. The summed E-state index contributed by atoms with van der Waals surface area (Å²) in [4.78, 5) is 0. The molecule has 0 N–H and O–H groups in total. The number of unbranched alkanes of at least 4 members (excludes halogenated alkanes) is 22. The van der Waals surface area contributed by atoms with Gasteiger partial charge in [0.15, 0.2) is 0 Å². The molecule has 0 heterocycles. The van der Waals surface area contributed by atoms with Gasteiger partial charge < -0.3 is 61.6 Å². The Bertz CT molecular complexity index is 738. The van der Waals surface area contributed by atoms with Crippen LogP contribution in [0.5, 0.6) is 0 Å². The minimum absolute atomic E-state index is 0.518. The van der Waals surface area contributed by atoms with Crippen LogP contribution in [0.4, 0.5) is 0 Å². The molecule has 65 heavy (non-hydrogen) atoms. The Morgan fingerprint density at radius 3 is 0.369 bits per heavy atom. The van der Waals surface area contributed by atoms with Crippen LogP contribution in [0.1, 0.15) is 168 Å². The van der Waals surface area contributed by atoms with Gasteiger partial charge in [0.2, 0.25) is 0 Å². The van der Waals surface area contributed by atoms with Gasteiger partial charge in [0.05, 0.1) is 159 Å². The summed E-state index contributed by atoms with van der Waals surface area (Å²) in [5.74, 6) is 0. The first-order valence-corrected chi connectivity index (χ1v) is 26.9. The molecule has 0 aromatic heterocycles. The predicted octanol–water partition coefficient (Wildman–Crippen LogP) is 10.6. The zero-order valence-corrected chi connectivity index (χ0v) is 42.7. The van der Waals surface area contributed by atoms with Gasteiger partial charge in [-0.05, 0) is 12.8 Å². The lowest BCUT2D eigenvalue weighted by Crippen LogP contribution is -2.15. The highest BCUT2D eigenvalue weighted by molar-refractivity contribution is 4.50. The third kappa shape index (κ3) is 63.5. The van der Waals surface area contributed by atoms with Crippen molar-refractivity contribution in [2.75, 3.05) is 172 Å². The van der Waals surface area contributed by atoms with Crippen molar-refractivity contribution in [2.24, 2.45) is 0 Å². The van der Waals surface area contributed by atoms with E-state index in [-0.39, 0.29) is 0 Å². The molecule has 0 aromatic rings. The fourth-order valence-corrected chi connectivity index (χ4v) is 6.83. The summed E-state index contributed by atoms with van der Waals surface area (Å²) in [5.41, 5.74) is 0. The van der Waals surface area contributed by atoms with Crippen LogP contribution in [0.25, 0.3) is 0 Å². The Morgan fingerprint density at radius 1 is 0.123 bits per heavy atom. The summed E-state index contributed by atoms with van der Waals surface area (Å²) < 4.78 is 72.4. The van der Waals surface area contributed by atoms with Gasteiger partial charge in [-0.3, -0.25) is 0 Å². The molecular formula is C52H106O13. The molecule has 0 fully saturated rings. The van der Waals surface area contributed by atoms with Gasteiger partial charge in [-0.1, -0.05) is 155 Å². The summed E-state index contributed by atoms with van der Waals surface area (Å²) in [6, 6.07) is 0. The molecule has 0 saturated heterocycles. The molecule has 0 amide bonds. The van der Waals surface area contributed by atoms with Gasteiger partial charge in [-0.2, -0.15) is 0 Å². The van der Waals surface area contributed by atoms with Crippen LogP contribution >= 0.6 is 0 Å². The molecular weight excluding hydrogens is 833 g/mol. The van der Waals surface area contributed by atoms with Crippen LogP contribution in [0, 0.1) is 0 Å². The van der Waals surface area contributed by atoms with Crippen LogP contribution in [-0.4, -0.2) is 172 Å². The maximum atomic E-state index is 5.70. The molecule has 0 rings (SSSR count). The molecule has 392 valence electrons. The van der Waals surface area contributed by atoms with Crippen molar-refractivity contribution in [3.05, 3.63) is 0 Å². The van der Waals surface area contributed by atoms with E-state index < -0.39 is 0 Å². The zero-order valence-electron chi connectivity index (χ0n) is 42.7. The van der Waals surface area contributed by atoms with Crippen molar-refractivity contribution in [1.82, 2.24) is 0 Å². The molecule has 0 radical (unpaired) electrons. The van der Waals surface area contributed by atoms with Crippen molar-refractivity contribution in [1.29, 1.82) is 0 Å². The third-order valence-electron chi connectivity index (χ3n) is 10.7. The molecule has 13 nitrogen and oxygen atoms in total.